The number of anilines is 1. The summed E-state index contributed by atoms with van der Waals surface area (Å²) in [6, 6.07) is 19.1. The van der Waals surface area contributed by atoms with E-state index in [-0.39, 0.29) is 11.3 Å². The first kappa shape index (κ1) is 25.0. The van der Waals surface area contributed by atoms with Gasteiger partial charge in [-0.2, -0.15) is 0 Å². The molecule has 1 amide bonds. The van der Waals surface area contributed by atoms with Crippen molar-refractivity contribution in [1.82, 2.24) is 0 Å². The zero-order valence-corrected chi connectivity index (χ0v) is 21.2. The number of methoxy groups -OCH3 is 1. The van der Waals surface area contributed by atoms with Gasteiger partial charge in [0.05, 0.1) is 25.3 Å². The van der Waals surface area contributed by atoms with Gasteiger partial charge < -0.3 is 14.6 Å². The van der Waals surface area contributed by atoms with Gasteiger partial charge in [-0.3, -0.25) is 14.5 Å². The van der Waals surface area contributed by atoms with E-state index in [2.05, 4.69) is 13.8 Å². The first-order valence-corrected chi connectivity index (χ1v) is 12.0. The highest BCUT2D eigenvalue weighted by molar-refractivity contribution is 6.51. The summed E-state index contributed by atoms with van der Waals surface area (Å²) in [5.74, 6) is 0.00824. The smallest absolute Gasteiger partial charge is 0.300 e. The van der Waals surface area contributed by atoms with E-state index in [1.807, 2.05) is 38.1 Å². The number of aliphatic hydroxyl groups excluding tert-OH is 1. The molecule has 1 aliphatic heterocycles. The zero-order valence-electron chi connectivity index (χ0n) is 21.2. The van der Waals surface area contributed by atoms with Gasteiger partial charge in [0.25, 0.3) is 11.7 Å². The molecule has 6 nitrogen and oxygen atoms in total. The largest absolute Gasteiger partial charge is 0.507 e. The molecule has 1 atom stereocenters. The quantitative estimate of drug-likeness (QED) is 0.253. The number of amides is 1. The van der Waals surface area contributed by atoms with Crippen LogP contribution in [0.4, 0.5) is 5.69 Å². The number of carbonyl (C=O) groups excluding carboxylic acids is 2. The second-order valence-electron chi connectivity index (χ2n) is 9.46. The number of aliphatic hydroxyl groups is 1. The fourth-order valence-electron chi connectivity index (χ4n) is 4.33. The van der Waals surface area contributed by atoms with E-state index in [0.717, 1.165) is 11.1 Å². The molecule has 186 valence electrons. The van der Waals surface area contributed by atoms with Gasteiger partial charge in [-0.25, -0.2) is 0 Å². The van der Waals surface area contributed by atoms with Gasteiger partial charge in [0, 0.05) is 11.3 Å². The molecule has 6 heteroatoms. The molecule has 1 unspecified atom stereocenters. The second kappa shape index (κ2) is 10.3. The lowest BCUT2D eigenvalue weighted by Gasteiger charge is -2.26. The highest BCUT2D eigenvalue weighted by Crippen LogP contribution is 2.43. The zero-order chi connectivity index (χ0) is 26.0. The lowest BCUT2D eigenvalue weighted by Crippen LogP contribution is -2.29. The number of ketones is 1. The van der Waals surface area contributed by atoms with Crippen molar-refractivity contribution >= 4 is 23.1 Å². The molecule has 0 bridgehead atoms. The van der Waals surface area contributed by atoms with Crippen molar-refractivity contribution in [3.8, 4) is 11.5 Å². The summed E-state index contributed by atoms with van der Waals surface area (Å²) in [5.41, 5.74) is 3.49. The maximum absolute atomic E-state index is 13.4. The summed E-state index contributed by atoms with van der Waals surface area (Å²) in [4.78, 5) is 28.3. The Balaban J connectivity index is 1.87. The van der Waals surface area contributed by atoms with Gasteiger partial charge in [-0.15, -0.1) is 0 Å². The monoisotopic (exact) mass is 485 g/mol. The van der Waals surface area contributed by atoms with Gasteiger partial charge >= 0.3 is 0 Å². The Morgan fingerprint density at radius 2 is 1.69 bits per heavy atom. The lowest BCUT2D eigenvalue weighted by atomic mass is 9.93. The molecule has 0 spiro atoms. The Hall–Kier alpha value is -4.06. The normalized spacial score (nSPS) is 17.1. The number of aryl methyl sites for hydroxylation is 2. The third-order valence-electron chi connectivity index (χ3n) is 6.20. The third-order valence-corrected chi connectivity index (χ3v) is 6.20. The topological polar surface area (TPSA) is 76.1 Å². The number of hydrogen-bond acceptors (Lipinski definition) is 5. The Morgan fingerprint density at radius 3 is 2.36 bits per heavy atom. The van der Waals surface area contributed by atoms with E-state index in [0.29, 0.717) is 40.8 Å². The van der Waals surface area contributed by atoms with Crippen LogP contribution in [0.1, 0.15) is 42.1 Å². The Morgan fingerprint density at radius 1 is 0.972 bits per heavy atom. The molecule has 1 heterocycles. The van der Waals surface area contributed by atoms with Crippen molar-refractivity contribution in [2.24, 2.45) is 5.92 Å². The molecule has 0 aromatic heterocycles. The third kappa shape index (κ3) is 4.85. The molecule has 1 aliphatic rings. The average molecular weight is 486 g/mol. The van der Waals surface area contributed by atoms with Crippen molar-refractivity contribution in [2.45, 2.75) is 33.7 Å². The SMILES string of the molecule is COc1cccc(C2/C(=C(\O)c3cc(C)ccc3C)C(=O)C(=O)N2c2ccc(OCC(C)C)cc2)c1. The molecule has 1 N–H and O–H groups in total. The van der Waals surface area contributed by atoms with Gasteiger partial charge in [0.1, 0.15) is 17.3 Å². The molecule has 4 rings (SSSR count). The van der Waals surface area contributed by atoms with E-state index < -0.39 is 17.7 Å². The fraction of sp³-hybridized carbons (Fsp3) is 0.267. The molecular formula is C30H31NO5. The molecule has 3 aromatic rings. The molecule has 0 saturated carbocycles. The number of Topliss-reactive ketones (excluding diaryl/α,β-unsaturated/α-hetero) is 1. The molecule has 0 radical (unpaired) electrons. The Kier molecular flexibility index (Phi) is 7.15. The predicted octanol–water partition coefficient (Wildman–Crippen LogP) is 5.97. The molecular weight excluding hydrogens is 454 g/mol. The van der Waals surface area contributed by atoms with Crippen LogP contribution in [-0.4, -0.2) is 30.5 Å². The van der Waals surface area contributed by atoms with E-state index in [1.54, 1.807) is 49.6 Å². The van der Waals surface area contributed by atoms with Crippen LogP contribution >= 0.6 is 0 Å². The molecule has 1 fully saturated rings. The summed E-state index contributed by atoms with van der Waals surface area (Å²) in [5, 5.41) is 11.4. The van der Waals surface area contributed by atoms with Crippen LogP contribution in [0.25, 0.3) is 5.76 Å². The molecule has 36 heavy (non-hydrogen) atoms. The number of hydrogen-bond donors (Lipinski definition) is 1. The number of carbonyl (C=O) groups is 2. The van der Waals surface area contributed by atoms with E-state index >= 15 is 0 Å². The fourth-order valence-corrected chi connectivity index (χ4v) is 4.33. The minimum absolute atomic E-state index is 0.0436. The predicted molar refractivity (Wildman–Crippen MR) is 140 cm³/mol. The highest BCUT2D eigenvalue weighted by Gasteiger charge is 2.47. The Bertz CT molecular complexity index is 1320. The summed E-state index contributed by atoms with van der Waals surface area (Å²) in [6.45, 7) is 8.48. The second-order valence-corrected chi connectivity index (χ2v) is 9.46. The number of nitrogens with zero attached hydrogens (tertiary/aromatic N) is 1. The van der Waals surface area contributed by atoms with Crippen molar-refractivity contribution in [3.63, 3.8) is 0 Å². The van der Waals surface area contributed by atoms with Crippen LogP contribution in [0, 0.1) is 19.8 Å². The summed E-state index contributed by atoms with van der Waals surface area (Å²) in [6.07, 6.45) is 0. The maximum atomic E-state index is 13.4. The molecule has 0 aliphatic carbocycles. The maximum Gasteiger partial charge on any atom is 0.300 e. The highest BCUT2D eigenvalue weighted by atomic mass is 16.5. The number of ether oxygens (including phenoxy) is 2. The van der Waals surface area contributed by atoms with E-state index in [1.165, 1.54) is 4.90 Å². The summed E-state index contributed by atoms with van der Waals surface area (Å²) in [7, 11) is 1.56. The number of rotatable bonds is 7. The van der Waals surface area contributed by atoms with Crippen LogP contribution in [0.3, 0.4) is 0 Å². The van der Waals surface area contributed by atoms with E-state index in [9.17, 15) is 14.7 Å². The first-order chi connectivity index (χ1) is 17.2. The first-order valence-electron chi connectivity index (χ1n) is 12.0. The van der Waals surface area contributed by atoms with Gasteiger partial charge in [0.2, 0.25) is 0 Å². The Labute approximate surface area is 211 Å². The lowest BCUT2D eigenvalue weighted by molar-refractivity contribution is -0.132. The van der Waals surface area contributed by atoms with Crippen LogP contribution in [0.2, 0.25) is 0 Å². The molecule has 3 aromatic carbocycles. The van der Waals surface area contributed by atoms with Gasteiger partial charge in [-0.1, -0.05) is 43.7 Å². The summed E-state index contributed by atoms with van der Waals surface area (Å²) < 4.78 is 11.2. The molecule has 1 saturated heterocycles. The van der Waals surface area contributed by atoms with Gasteiger partial charge in [0.15, 0.2) is 0 Å². The van der Waals surface area contributed by atoms with E-state index in [4.69, 9.17) is 9.47 Å². The summed E-state index contributed by atoms with van der Waals surface area (Å²) >= 11 is 0. The van der Waals surface area contributed by atoms with Crippen molar-refractivity contribution in [2.75, 3.05) is 18.6 Å². The van der Waals surface area contributed by atoms with Crippen molar-refractivity contribution in [1.29, 1.82) is 0 Å². The number of benzene rings is 3. The van der Waals surface area contributed by atoms with Crippen LogP contribution in [0.15, 0.2) is 72.3 Å². The van der Waals surface area contributed by atoms with Crippen LogP contribution in [-0.2, 0) is 9.59 Å². The van der Waals surface area contributed by atoms with Crippen LogP contribution < -0.4 is 14.4 Å². The van der Waals surface area contributed by atoms with Crippen molar-refractivity contribution < 1.29 is 24.2 Å². The standard InChI is InChI=1S/C30H31NO5/c1-18(2)17-36-23-13-11-22(12-14-23)31-27(21-7-6-8-24(16-21)35-5)26(29(33)30(31)34)28(32)25-15-19(3)9-10-20(25)4/h6-16,18,27,32H,17H2,1-5H3/b28-26+. The van der Waals surface area contributed by atoms with Crippen molar-refractivity contribution in [3.05, 3.63) is 94.6 Å². The minimum atomic E-state index is -0.831. The minimum Gasteiger partial charge on any atom is -0.507 e. The average Bonchev–Trinajstić information content (AvgIpc) is 3.14. The van der Waals surface area contributed by atoms with Gasteiger partial charge in [-0.05, 0) is 73.4 Å². The van der Waals surface area contributed by atoms with Crippen LogP contribution in [0.5, 0.6) is 11.5 Å².